The van der Waals surface area contributed by atoms with Crippen LogP contribution >= 0.6 is 11.3 Å². The fourth-order valence-corrected chi connectivity index (χ4v) is 3.69. The number of hydrogen-bond acceptors (Lipinski definition) is 10. The Morgan fingerprint density at radius 2 is 1.93 bits per heavy atom. The van der Waals surface area contributed by atoms with Crippen LogP contribution in [0.4, 0.5) is 0 Å². The molecule has 0 aliphatic carbocycles. The van der Waals surface area contributed by atoms with Crippen LogP contribution in [0, 0.1) is 6.92 Å². The van der Waals surface area contributed by atoms with Crippen molar-refractivity contribution in [1.82, 2.24) is 4.98 Å². The van der Waals surface area contributed by atoms with E-state index < -0.39 is 37.1 Å². The second-order valence-corrected chi connectivity index (χ2v) is 7.88. The zero-order chi connectivity index (χ0) is 21.1. The Kier molecular flexibility index (Phi) is 6.83. The number of carbonyl (C=O) groups excluding carboxylic acids is 1. The Hall–Kier alpha value is -2.08. The SMILES string of the molecule is Cc1nc(CC(=O)c2ccc(OC[C@@H]3O[C@H](CO)[C@H](O)[C@H](O)[C@@H]3O)cc2O)cs1. The lowest BCUT2D eigenvalue weighted by Gasteiger charge is -2.39. The standard InChI is InChI=1S/C19H23NO8S/c1-9-20-10(8-29-9)4-13(22)12-3-2-11(5-14(12)23)27-7-16-18(25)19(26)17(24)15(6-21)28-16/h2-3,5,8,15-19,21,23-26H,4,6-7H2,1H3/t15-,16+,17+,18-,19+/m1/s1. The molecule has 0 radical (unpaired) electrons. The topological polar surface area (TPSA) is 150 Å². The van der Waals surface area contributed by atoms with Crippen molar-refractivity contribution < 1.29 is 39.8 Å². The Morgan fingerprint density at radius 1 is 1.21 bits per heavy atom. The summed E-state index contributed by atoms with van der Waals surface area (Å²) < 4.78 is 10.8. The second kappa shape index (κ2) is 9.16. The monoisotopic (exact) mass is 425 g/mol. The summed E-state index contributed by atoms with van der Waals surface area (Å²) in [6, 6.07) is 4.19. The van der Waals surface area contributed by atoms with E-state index in [2.05, 4.69) is 4.98 Å². The van der Waals surface area contributed by atoms with Crippen LogP contribution in [0.25, 0.3) is 0 Å². The average molecular weight is 425 g/mol. The number of carbonyl (C=O) groups is 1. The lowest BCUT2D eigenvalue weighted by molar-refractivity contribution is -0.234. The van der Waals surface area contributed by atoms with Gasteiger partial charge in [0.05, 0.1) is 29.3 Å². The van der Waals surface area contributed by atoms with Crippen molar-refractivity contribution in [1.29, 1.82) is 0 Å². The maximum atomic E-state index is 12.4. The van der Waals surface area contributed by atoms with Crippen LogP contribution in [0.3, 0.4) is 0 Å². The van der Waals surface area contributed by atoms with Crippen LogP contribution in [0.2, 0.25) is 0 Å². The Balaban J connectivity index is 1.62. The summed E-state index contributed by atoms with van der Waals surface area (Å²) >= 11 is 1.44. The number of phenolic OH excluding ortho intramolecular Hbond substituents is 1. The van der Waals surface area contributed by atoms with Crippen LogP contribution in [0.15, 0.2) is 23.6 Å². The molecule has 0 bridgehead atoms. The first-order valence-corrected chi connectivity index (χ1v) is 9.88. The van der Waals surface area contributed by atoms with Gasteiger partial charge in [-0.15, -0.1) is 11.3 Å². The molecular weight excluding hydrogens is 402 g/mol. The van der Waals surface area contributed by atoms with Crippen LogP contribution in [-0.4, -0.2) is 80.0 Å². The first kappa shape index (κ1) is 21.6. The molecule has 1 aliphatic rings. The molecule has 0 spiro atoms. The maximum Gasteiger partial charge on any atom is 0.172 e. The van der Waals surface area contributed by atoms with Gasteiger partial charge in [-0.3, -0.25) is 4.79 Å². The molecular formula is C19H23NO8S. The highest BCUT2D eigenvalue weighted by Gasteiger charge is 2.43. The normalized spacial score (nSPS) is 27.0. The summed E-state index contributed by atoms with van der Waals surface area (Å²) in [6.07, 6.45) is -6.29. The number of aryl methyl sites for hydroxylation is 1. The van der Waals surface area contributed by atoms with Gasteiger partial charge in [0.1, 0.15) is 48.6 Å². The van der Waals surface area contributed by atoms with Gasteiger partial charge in [-0.2, -0.15) is 0 Å². The molecule has 0 unspecified atom stereocenters. The van der Waals surface area contributed by atoms with E-state index in [1.165, 1.54) is 29.5 Å². The van der Waals surface area contributed by atoms with Gasteiger partial charge in [0.25, 0.3) is 0 Å². The summed E-state index contributed by atoms with van der Waals surface area (Å²) in [7, 11) is 0. The third-order valence-corrected chi connectivity index (χ3v) is 5.51. The van der Waals surface area contributed by atoms with E-state index >= 15 is 0 Å². The van der Waals surface area contributed by atoms with E-state index in [1.54, 1.807) is 5.38 Å². The van der Waals surface area contributed by atoms with Crippen molar-refractivity contribution in [3.8, 4) is 11.5 Å². The number of hydrogen-bond donors (Lipinski definition) is 5. The highest BCUT2D eigenvalue weighted by molar-refractivity contribution is 7.09. The van der Waals surface area contributed by atoms with Gasteiger partial charge in [-0.1, -0.05) is 0 Å². The number of rotatable bonds is 7. The molecule has 2 heterocycles. The van der Waals surface area contributed by atoms with Crippen LogP contribution in [0.1, 0.15) is 21.1 Å². The zero-order valence-corrected chi connectivity index (χ0v) is 16.5. The summed E-state index contributed by atoms with van der Waals surface area (Å²) in [5, 5.41) is 51.6. The number of nitrogens with zero attached hydrogens (tertiary/aromatic N) is 1. The van der Waals surface area contributed by atoms with Crippen LogP contribution in [0.5, 0.6) is 11.5 Å². The predicted molar refractivity (Wildman–Crippen MR) is 102 cm³/mol. The Bertz CT molecular complexity index is 854. The van der Waals surface area contributed by atoms with Gasteiger partial charge >= 0.3 is 0 Å². The summed E-state index contributed by atoms with van der Waals surface area (Å²) in [6.45, 7) is 1.11. The molecule has 158 valence electrons. The Morgan fingerprint density at radius 3 is 2.55 bits per heavy atom. The highest BCUT2D eigenvalue weighted by Crippen LogP contribution is 2.27. The molecule has 29 heavy (non-hydrogen) atoms. The molecule has 1 aromatic carbocycles. The van der Waals surface area contributed by atoms with Crippen molar-refractivity contribution in [3.05, 3.63) is 39.8 Å². The molecule has 2 aromatic rings. The van der Waals surface area contributed by atoms with E-state index in [4.69, 9.17) is 9.47 Å². The molecule has 1 aliphatic heterocycles. The largest absolute Gasteiger partial charge is 0.507 e. The van der Waals surface area contributed by atoms with Gasteiger partial charge in [-0.05, 0) is 19.1 Å². The first-order chi connectivity index (χ1) is 13.8. The van der Waals surface area contributed by atoms with E-state index in [1.807, 2.05) is 6.92 Å². The van der Waals surface area contributed by atoms with Gasteiger partial charge in [-0.25, -0.2) is 4.98 Å². The number of ketones is 1. The number of benzene rings is 1. The molecule has 5 N–H and O–H groups in total. The fraction of sp³-hybridized carbons (Fsp3) is 0.474. The number of aromatic hydroxyl groups is 1. The molecule has 0 saturated carbocycles. The number of phenols is 1. The minimum absolute atomic E-state index is 0.0724. The van der Waals surface area contributed by atoms with Crippen molar-refractivity contribution in [3.63, 3.8) is 0 Å². The third-order valence-electron chi connectivity index (χ3n) is 4.68. The number of Topliss-reactive ketones (excluding diaryl/α,β-unsaturated/α-hetero) is 1. The molecule has 5 atom stereocenters. The second-order valence-electron chi connectivity index (χ2n) is 6.82. The molecule has 0 amide bonds. The number of thiazole rings is 1. The number of ether oxygens (including phenoxy) is 2. The van der Waals surface area contributed by atoms with E-state index in [0.717, 1.165) is 5.01 Å². The molecule has 1 fully saturated rings. The third kappa shape index (κ3) is 4.92. The number of aliphatic hydroxyl groups excluding tert-OH is 4. The van der Waals surface area contributed by atoms with Crippen molar-refractivity contribution in [2.24, 2.45) is 0 Å². The summed E-state index contributed by atoms with van der Waals surface area (Å²) in [5.74, 6) is -0.318. The van der Waals surface area contributed by atoms with Gasteiger partial charge in [0.15, 0.2) is 5.78 Å². The lowest BCUT2D eigenvalue weighted by atomic mass is 9.95. The van der Waals surface area contributed by atoms with Gasteiger partial charge in [0.2, 0.25) is 0 Å². The van der Waals surface area contributed by atoms with E-state index in [-0.39, 0.29) is 35.9 Å². The maximum absolute atomic E-state index is 12.4. The smallest absolute Gasteiger partial charge is 0.172 e. The van der Waals surface area contributed by atoms with Crippen molar-refractivity contribution in [2.75, 3.05) is 13.2 Å². The quantitative estimate of drug-likeness (QED) is 0.380. The molecule has 1 saturated heterocycles. The van der Waals surface area contributed by atoms with Crippen molar-refractivity contribution in [2.45, 2.75) is 43.9 Å². The zero-order valence-electron chi connectivity index (χ0n) is 15.6. The van der Waals surface area contributed by atoms with Crippen LogP contribution in [-0.2, 0) is 11.2 Å². The van der Waals surface area contributed by atoms with Crippen LogP contribution < -0.4 is 4.74 Å². The average Bonchev–Trinajstić information content (AvgIpc) is 3.10. The molecule has 9 nitrogen and oxygen atoms in total. The van der Waals surface area contributed by atoms with Crippen molar-refractivity contribution >= 4 is 17.1 Å². The highest BCUT2D eigenvalue weighted by atomic mass is 32.1. The lowest BCUT2D eigenvalue weighted by Crippen LogP contribution is -2.59. The van der Waals surface area contributed by atoms with E-state index in [0.29, 0.717) is 5.69 Å². The summed E-state index contributed by atoms with van der Waals surface area (Å²) in [4.78, 5) is 16.6. The molecule has 3 rings (SSSR count). The number of aromatic nitrogens is 1. The van der Waals surface area contributed by atoms with Gasteiger partial charge in [0, 0.05) is 11.4 Å². The first-order valence-electron chi connectivity index (χ1n) is 9.00. The minimum atomic E-state index is -1.49. The number of aliphatic hydroxyl groups is 4. The molecule has 1 aromatic heterocycles. The predicted octanol–water partition coefficient (Wildman–Crippen LogP) is -0.196. The summed E-state index contributed by atoms with van der Waals surface area (Å²) in [5.41, 5.74) is 0.774. The fourth-order valence-electron chi connectivity index (χ4n) is 3.08. The van der Waals surface area contributed by atoms with Gasteiger partial charge < -0.3 is 35.0 Å². The Labute approximate surface area is 170 Å². The molecule has 10 heteroatoms. The minimum Gasteiger partial charge on any atom is -0.507 e. The van der Waals surface area contributed by atoms with E-state index in [9.17, 15) is 30.3 Å².